The Kier molecular flexibility index (Phi) is 7.65. The van der Waals surface area contributed by atoms with E-state index in [1.165, 1.54) is 11.7 Å². The standard InChI is InChI=1S/C23H24ClN3O5S/c1-12(2)20(22(30)31)26-19(28)11-33-23-25-16-8-6-5-7-14(16)21(29)27(23)17-9-13(3)15(24)10-18(17)32-4/h5-10,12,20H,11H2,1-4H3,(H,26,28)(H,30,31)/p-1/t20-/m0/s1. The number of carbonyl (C=O) groups is 2. The smallest absolute Gasteiger partial charge is 0.266 e. The van der Waals surface area contributed by atoms with Crippen molar-refractivity contribution in [1.29, 1.82) is 0 Å². The molecule has 0 bridgehead atoms. The number of hydrogen-bond acceptors (Lipinski definition) is 7. The third-order valence-corrected chi connectivity index (χ3v) is 6.36. The van der Waals surface area contributed by atoms with E-state index in [9.17, 15) is 19.5 Å². The van der Waals surface area contributed by atoms with Gasteiger partial charge in [0.05, 0.1) is 41.5 Å². The van der Waals surface area contributed by atoms with E-state index in [1.807, 2.05) is 0 Å². The summed E-state index contributed by atoms with van der Waals surface area (Å²) >= 11 is 7.25. The number of ether oxygens (including phenoxy) is 1. The predicted octanol–water partition coefficient (Wildman–Crippen LogP) is 2.34. The number of methoxy groups -OCH3 is 1. The molecule has 10 heteroatoms. The van der Waals surface area contributed by atoms with E-state index in [0.717, 1.165) is 17.3 Å². The Bertz CT molecular complexity index is 1270. The number of carboxylic acid groups (broad SMARTS) is 1. The molecule has 1 amide bonds. The maximum atomic E-state index is 13.4. The summed E-state index contributed by atoms with van der Waals surface area (Å²) in [7, 11) is 1.47. The summed E-state index contributed by atoms with van der Waals surface area (Å²) in [5.74, 6) is -2.01. The van der Waals surface area contributed by atoms with Crippen molar-refractivity contribution in [2.45, 2.75) is 32.0 Å². The summed E-state index contributed by atoms with van der Waals surface area (Å²) in [4.78, 5) is 41.8. The zero-order valence-electron chi connectivity index (χ0n) is 18.5. The van der Waals surface area contributed by atoms with Gasteiger partial charge in [-0.25, -0.2) is 4.98 Å². The number of benzene rings is 2. The van der Waals surface area contributed by atoms with E-state index in [2.05, 4.69) is 10.3 Å². The average molecular weight is 489 g/mol. The first kappa shape index (κ1) is 24.6. The Morgan fingerprint density at radius 3 is 2.61 bits per heavy atom. The number of aryl methyl sites for hydroxylation is 1. The highest BCUT2D eigenvalue weighted by Gasteiger charge is 2.21. The van der Waals surface area contributed by atoms with E-state index in [1.54, 1.807) is 57.2 Å². The number of carboxylic acids is 1. The Morgan fingerprint density at radius 2 is 1.97 bits per heavy atom. The molecule has 3 rings (SSSR count). The normalized spacial score (nSPS) is 12.1. The molecule has 8 nitrogen and oxygen atoms in total. The number of nitrogens with zero attached hydrogens (tertiary/aromatic N) is 2. The minimum Gasteiger partial charge on any atom is -0.548 e. The lowest BCUT2D eigenvalue weighted by Crippen LogP contribution is -2.51. The van der Waals surface area contributed by atoms with Crippen LogP contribution in [0.3, 0.4) is 0 Å². The van der Waals surface area contributed by atoms with Crippen molar-refractivity contribution in [2.24, 2.45) is 5.92 Å². The van der Waals surface area contributed by atoms with Crippen molar-refractivity contribution in [3.63, 3.8) is 0 Å². The predicted molar refractivity (Wildman–Crippen MR) is 126 cm³/mol. The van der Waals surface area contributed by atoms with Gasteiger partial charge in [0.1, 0.15) is 5.75 Å². The molecule has 1 atom stereocenters. The molecule has 0 fully saturated rings. The van der Waals surface area contributed by atoms with Crippen LogP contribution in [0.1, 0.15) is 19.4 Å². The minimum absolute atomic E-state index is 0.157. The van der Waals surface area contributed by atoms with Gasteiger partial charge in [0.15, 0.2) is 5.16 Å². The second kappa shape index (κ2) is 10.3. The third kappa shape index (κ3) is 5.31. The lowest BCUT2D eigenvalue weighted by atomic mass is 10.1. The summed E-state index contributed by atoms with van der Waals surface area (Å²) in [5.41, 5.74) is 1.30. The lowest BCUT2D eigenvalue weighted by molar-refractivity contribution is -0.309. The highest BCUT2D eigenvalue weighted by atomic mass is 35.5. The molecule has 1 aromatic heterocycles. The van der Waals surface area contributed by atoms with Crippen LogP contribution in [0.2, 0.25) is 5.02 Å². The second-order valence-electron chi connectivity index (χ2n) is 7.72. The molecule has 0 saturated heterocycles. The maximum Gasteiger partial charge on any atom is 0.266 e. The van der Waals surface area contributed by atoms with Crippen LogP contribution >= 0.6 is 23.4 Å². The van der Waals surface area contributed by atoms with Gasteiger partial charge in [-0.3, -0.25) is 14.2 Å². The molecule has 0 aliphatic carbocycles. The van der Waals surface area contributed by atoms with Gasteiger partial charge in [0.25, 0.3) is 5.56 Å². The monoisotopic (exact) mass is 488 g/mol. The van der Waals surface area contributed by atoms with Crippen molar-refractivity contribution in [3.8, 4) is 11.4 Å². The van der Waals surface area contributed by atoms with Gasteiger partial charge in [-0.2, -0.15) is 0 Å². The van der Waals surface area contributed by atoms with Gasteiger partial charge >= 0.3 is 0 Å². The summed E-state index contributed by atoms with van der Waals surface area (Å²) < 4.78 is 6.83. The fourth-order valence-corrected chi connectivity index (χ4v) is 4.22. The van der Waals surface area contributed by atoms with Crippen molar-refractivity contribution in [2.75, 3.05) is 12.9 Å². The van der Waals surface area contributed by atoms with Crippen LogP contribution in [0.4, 0.5) is 0 Å². The zero-order chi connectivity index (χ0) is 24.3. The molecular weight excluding hydrogens is 466 g/mol. The van der Waals surface area contributed by atoms with Crippen LogP contribution < -0.4 is 20.7 Å². The number of fused-ring (bicyclic) bond motifs is 1. The molecule has 1 N–H and O–H groups in total. The summed E-state index contributed by atoms with van der Waals surface area (Å²) in [5, 5.41) is 14.9. The topological polar surface area (TPSA) is 113 Å². The molecule has 0 aliphatic rings. The summed E-state index contributed by atoms with van der Waals surface area (Å²) in [6.45, 7) is 5.15. The molecule has 3 aromatic rings. The molecule has 2 aromatic carbocycles. The molecule has 174 valence electrons. The molecule has 1 heterocycles. The van der Waals surface area contributed by atoms with Crippen LogP contribution in [-0.2, 0) is 9.59 Å². The lowest BCUT2D eigenvalue weighted by Gasteiger charge is -2.23. The number of nitrogens with one attached hydrogen (secondary N) is 1. The van der Waals surface area contributed by atoms with Crippen molar-refractivity contribution in [1.82, 2.24) is 14.9 Å². The minimum atomic E-state index is -1.36. The number of aromatic nitrogens is 2. The Balaban J connectivity index is 2.07. The number of hydrogen-bond donors (Lipinski definition) is 1. The number of carbonyl (C=O) groups excluding carboxylic acids is 2. The Labute approximate surface area is 199 Å². The molecule has 0 spiro atoms. The zero-order valence-corrected chi connectivity index (χ0v) is 20.1. The molecule has 0 aliphatic heterocycles. The van der Waals surface area contributed by atoms with E-state index in [4.69, 9.17) is 16.3 Å². The molecule has 33 heavy (non-hydrogen) atoms. The van der Waals surface area contributed by atoms with E-state index in [0.29, 0.717) is 27.4 Å². The first-order chi connectivity index (χ1) is 15.6. The van der Waals surface area contributed by atoms with Crippen LogP contribution in [0, 0.1) is 12.8 Å². The number of amides is 1. The SMILES string of the molecule is COc1cc(Cl)c(C)cc1-n1c(SCC(=O)N[C@H](C(=O)[O-])C(C)C)nc2ccccc2c1=O. The van der Waals surface area contributed by atoms with Gasteiger partial charge in [-0.15, -0.1) is 0 Å². The molecule has 0 saturated carbocycles. The van der Waals surface area contributed by atoms with E-state index < -0.39 is 17.9 Å². The molecule has 0 unspecified atom stereocenters. The quantitative estimate of drug-likeness (QED) is 0.382. The van der Waals surface area contributed by atoms with Crippen molar-refractivity contribution >= 4 is 46.1 Å². The van der Waals surface area contributed by atoms with Gasteiger partial charge < -0.3 is 20.0 Å². The van der Waals surface area contributed by atoms with Crippen LogP contribution in [0.15, 0.2) is 46.3 Å². The fourth-order valence-electron chi connectivity index (χ4n) is 3.25. The third-order valence-electron chi connectivity index (χ3n) is 5.02. The van der Waals surface area contributed by atoms with Crippen molar-refractivity contribution in [3.05, 3.63) is 57.3 Å². The van der Waals surface area contributed by atoms with Gasteiger partial charge in [-0.05, 0) is 36.6 Å². The number of halogens is 1. The Hall–Kier alpha value is -3.04. The number of aliphatic carboxylic acids is 1. The van der Waals surface area contributed by atoms with Gasteiger partial charge in [0.2, 0.25) is 5.91 Å². The van der Waals surface area contributed by atoms with E-state index >= 15 is 0 Å². The number of rotatable bonds is 8. The highest BCUT2D eigenvalue weighted by Crippen LogP contribution is 2.32. The van der Waals surface area contributed by atoms with Crippen LogP contribution in [0.25, 0.3) is 16.6 Å². The van der Waals surface area contributed by atoms with Crippen LogP contribution in [0.5, 0.6) is 5.75 Å². The fraction of sp³-hybridized carbons (Fsp3) is 0.304. The van der Waals surface area contributed by atoms with Gasteiger partial charge in [0, 0.05) is 11.1 Å². The highest BCUT2D eigenvalue weighted by molar-refractivity contribution is 7.99. The van der Waals surface area contributed by atoms with Crippen molar-refractivity contribution < 1.29 is 19.4 Å². The second-order valence-corrected chi connectivity index (χ2v) is 9.07. The number of para-hydroxylation sites is 1. The largest absolute Gasteiger partial charge is 0.548 e. The van der Waals surface area contributed by atoms with E-state index in [-0.39, 0.29) is 22.4 Å². The summed E-state index contributed by atoms with van der Waals surface area (Å²) in [6.07, 6.45) is 0. The number of thioether (sulfide) groups is 1. The first-order valence-electron chi connectivity index (χ1n) is 10.1. The molecular formula is C23H23ClN3O5S-. The Morgan fingerprint density at radius 1 is 1.27 bits per heavy atom. The average Bonchev–Trinajstić information content (AvgIpc) is 2.77. The maximum absolute atomic E-state index is 13.4. The first-order valence-corrected chi connectivity index (χ1v) is 11.5. The summed E-state index contributed by atoms with van der Waals surface area (Å²) in [6, 6.07) is 9.09. The molecule has 0 radical (unpaired) electrons. The van der Waals surface area contributed by atoms with Crippen LogP contribution in [-0.4, -0.2) is 40.3 Å². The van der Waals surface area contributed by atoms with Gasteiger partial charge in [-0.1, -0.05) is 49.3 Å².